The summed E-state index contributed by atoms with van der Waals surface area (Å²) in [6.07, 6.45) is 1.72. The fourth-order valence-electron chi connectivity index (χ4n) is 2.44. The van der Waals surface area contributed by atoms with Crippen LogP contribution >= 0.6 is 11.8 Å². The van der Waals surface area contributed by atoms with Crippen LogP contribution in [0.15, 0.2) is 23.2 Å². The Bertz CT molecular complexity index is 824. The van der Waals surface area contributed by atoms with E-state index >= 15 is 0 Å². The van der Waals surface area contributed by atoms with Crippen molar-refractivity contribution in [3.8, 4) is 0 Å². The summed E-state index contributed by atoms with van der Waals surface area (Å²) in [4.78, 5) is 36.9. The van der Waals surface area contributed by atoms with Gasteiger partial charge in [-0.05, 0) is 45.4 Å². The van der Waals surface area contributed by atoms with Gasteiger partial charge in [0, 0.05) is 6.20 Å². The van der Waals surface area contributed by atoms with Gasteiger partial charge in [0.2, 0.25) is 0 Å². The molecular formula is C18H21NO5S. The summed E-state index contributed by atoms with van der Waals surface area (Å²) < 4.78 is 12.0. The van der Waals surface area contributed by atoms with Crippen molar-refractivity contribution in [3.05, 3.63) is 35.2 Å². The molecule has 0 atom stereocenters. The molecule has 2 heterocycles. The average molecular weight is 363 g/mol. The minimum absolute atomic E-state index is 0.0546. The number of esters is 2. The number of thioether (sulfide) groups is 1. The highest BCUT2D eigenvalue weighted by Crippen LogP contribution is 2.34. The van der Waals surface area contributed by atoms with E-state index in [-0.39, 0.29) is 30.4 Å². The lowest BCUT2D eigenvalue weighted by molar-refractivity contribution is -0.114. The first-order valence-corrected chi connectivity index (χ1v) is 9.00. The number of ether oxygens (including phenoxy) is 2. The van der Waals surface area contributed by atoms with Crippen LogP contribution in [-0.4, -0.2) is 41.1 Å². The first kappa shape index (κ1) is 19.1. The number of pyridine rings is 1. The number of Topliss-reactive ketones (excluding diaryl/α,β-unsaturated/α-hetero) is 1. The summed E-state index contributed by atoms with van der Waals surface area (Å²) in [6, 6.07) is 3.65. The van der Waals surface area contributed by atoms with Crippen molar-refractivity contribution in [2.75, 3.05) is 19.0 Å². The Morgan fingerprint density at radius 3 is 2.36 bits per heavy atom. The second-order valence-electron chi connectivity index (χ2n) is 5.44. The van der Waals surface area contributed by atoms with Crippen LogP contribution < -0.4 is 0 Å². The molecule has 134 valence electrons. The zero-order chi connectivity index (χ0) is 18.6. The maximum atomic E-state index is 12.5. The molecule has 0 aliphatic rings. The fraction of sp³-hybridized carbons (Fsp3) is 0.389. The van der Waals surface area contributed by atoms with E-state index in [1.54, 1.807) is 24.4 Å². The standard InChI is InChI=1S/C18H21NO5S/c1-5-23-17(21)14-13-9-11(3)7-8-19(13)15(18(22)24-6-2)16(14)25-10-12(4)20/h7-9H,5-6,10H2,1-4H3. The summed E-state index contributed by atoms with van der Waals surface area (Å²) in [5.74, 6) is -0.967. The molecule has 0 unspecified atom stereocenters. The number of rotatable bonds is 7. The molecule has 0 spiro atoms. The topological polar surface area (TPSA) is 74.1 Å². The van der Waals surface area contributed by atoms with Crippen molar-refractivity contribution in [1.82, 2.24) is 4.40 Å². The molecular weight excluding hydrogens is 342 g/mol. The minimum atomic E-state index is -0.539. The molecule has 2 aromatic rings. The molecule has 0 fully saturated rings. The van der Waals surface area contributed by atoms with Crippen LogP contribution in [0.5, 0.6) is 0 Å². The van der Waals surface area contributed by atoms with Crippen molar-refractivity contribution in [2.24, 2.45) is 0 Å². The minimum Gasteiger partial charge on any atom is -0.462 e. The Morgan fingerprint density at radius 1 is 1.12 bits per heavy atom. The van der Waals surface area contributed by atoms with Crippen LogP contribution in [0.1, 0.15) is 47.2 Å². The molecule has 0 N–H and O–H groups in total. The Kier molecular flexibility index (Phi) is 6.25. The number of hydrogen-bond acceptors (Lipinski definition) is 6. The van der Waals surface area contributed by atoms with Gasteiger partial charge < -0.3 is 13.9 Å². The third kappa shape index (κ3) is 4.04. The molecule has 0 aliphatic heterocycles. The summed E-state index contributed by atoms with van der Waals surface area (Å²) in [6.45, 7) is 7.22. The van der Waals surface area contributed by atoms with Gasteiger partial charge in [-0.2, -0.15) is 0 Å². The lowest BCUT2D eigenvalue weighted by atomic mass is 10.2. The maximum absolute atomic E-state index is 12.5. The lowest BCUT2D eigenvalue weighted by Crippen LogP contribution is -2.10. The van der Waals surface area contributed by atoms with Gasteiger partial charge in [-0.1, -0.05) is 0 Å². The van der Waals surface area contributed by atoms with Crippen LogP contribution in [0, 0.1) is 6.92 Å². The monoisotopic (exact) mass is 363 g/mol. The zero-order valence-corrected chi connectivity index (χ0v) is 15.6. The van der Waals surface area contributed by atoms with E-state index in [0.29, 0.717) is 16.0 Å². The third-order valence-electron chi connectivity index (χ3n) is 3.42. The first-order valence-electron chi connectivity index (χ1n) is 8.01. The Hall–Kier alpha value is -2.28. The van der Waals surface area contributed by atoms with Gasteiger partial charge in [0.05, 0.1) is 34.9 Å². The maximum Gasteiger partial charge on any atom is 0.356 e. The van der Waals surface area contributed by atoms with E-state index in [4.69, 9.17) is 9.47 Å². The van der Waals surface area contributed by atoms with Crippen molar-refractivity contribution >= 4 is 35.0 Å². The molecule has 0 amide bonds. The molecule has 2 rings (SSSR count). The van der Waals surface area contributed by atoms with Crippen LogP contribution in [0.4, 0.5) is 0 Å². The number of fused-ring (bicyclic) bond motifs is 1. The molecule has 0 bridgehead atoms. The molecule has 0 saturated carbocycles. The van der Waals surface area contributed by atoms with Gasteiger partial charge in [-0.25, -0.2) is 9.59 Å². The number of carbonyl (C=O) groups is 3. The van der Waals surface area contributed by atoms with Gasteiger partial charge in [0.25, 0.3) is 0 Å². The van der Waals surface area contributed by atoms with E-state index in [1.807, 2.05) is 19.1 Å². The summed E-state index contributed by atoms with van der Waals surface area (Å²) >= 11 is 1.15. The number of carbonyl (C=O) groups excluding carboxylic acids is 3. The van der Waals surface area contributed by atoms with Crippen LogP contribution in [0.3, 0.4) is 0 Å². The van der Waals surface area contributed by atoms with Gasteiger partial charge in [-0.3, -0.25) is 4.79 Å². The van der Waals surface area contributed by atoms with E-state index in [1.165, 1.54) is 6.92 Å². The van der Waals surface area contributed by atoms with E-state index in [2.05, 4.69) is 0 Å². The van der Waals surface area contributed by atoms with E-state index in [9.17, 15) is 14.4 Å². The average Bonchev–Trinajstić information content (AvgIpc) is 2.86. The van der Waals surface area contributed by atoms with Gasteiger partial charge in [-0.15, -0.1) is 11.8 Å². The normalized spacial score (nSPS) is 10.7. The highest BCUT2D eigenvalue weighted by molar-refractivity contribution is 8.00. The van der Waals surface area contributed by atoms with Crippen molar-refractivity contribution < 1.29 is 23.9 Å². The zero-order valence-electron chi connectivity index (χ0n) is 14.8. The van der Waals surface area contributed by atoms with Crippen molar-refractivity contribution in [2.45, 2.75) is 32.6 Å². The third-order valence-corrected chi connectivity index (χ3v) is 4.65. The highest BCUT2D eigenvalue weighted by atomic mass is 32.2. The Labute approximate surface area is 150 Å². The molecule has 6 nitrogen and oxygen atoms in total. The van der Waals surface area contributed by atoms with Crippen molar-refractivity contribution in [3.63, 3.8) is 0 Å². The summed E-state index contributed by atoms with van der Waals surface area (Å²) in [5.41, 5.74) is 2.03. The molecule has 0 aliphatic carbocycles. The van der Waals surface area contributed by atoms with Crippen LogP contribution in [0.2, 0.25) is 0 Å². The number of nitrogens with zero attached hydrogens (tertiary/aromatic N) is 1. The fourth-order valence-corrected chi connectivity index (χ4v) is 3.44. The second kappa shape index (κ2) is 8.20. The first-order chi connectivity index (χ1) is 11.9. The lowest BCUT2D eigenvalue weighted by Gasteiger charge is -2.06. The predicted octanol–water partition coefficient (Wildman–Crippen LogP) is 3.28. The number of aryl methyl sites for hydroxylation is 1. The van der Waals surface area contributed by atoms with Crippen LogP contribution in [-0.2, 0) is 14.3 Å². The highest BCUT2D eigenvalue weighted by Gasteiger charge is 2.29. The Morgan fingerprint density at radius 2 is 1.76 bits per heavy atom. The van der Waals surface area contributed by atoms with E-state index in [0.717, 1.165) is 17.3 Å². The second-order valence-corrected chi connectivity index (χ2v) is 6.43. The predicted molar refractivity (Wildman–Crippen MR) is 95.5 cm³/mol. The van der Waals surface area contributed by atoms with Gasteiger partial charge >= 0.3 is 11.9 Å². The quantitative estimate of drug-likeness (QED) is 0.555. The molecule has 0 aromatic carbocycles. The van der Waals surface area contributed by atoms with Crippen LogP contribution in [0.25, 0.3) is 5.52 Å². The smallest absolute Gasteiger partial charge is 0.356 e. The molecule has 0 saturated heterocycles. The molecule has 0 radical (unpaired) electrons. The number of aromatic nitrogens is 1. The SMILES string of the molecule is CCOC(=O)c1c(SCC(C)=O)c(C(=O)OCC)n2ccc(C)cc12. The molecule has 2 aromatic heterocycles. The number of hydrogen-bond donors (Lipinski definition) is 0. The molecule has 7 heteroatoms. The van der Waals surface area contributed by atoms with Crippen molar-refractivity contribution in [1.29, 1.82) is 0 Å². The largest absolute Gasteiger partial charge is 0.462 e. The van der Waals surface area contributed by atoms with Gasteiger partial charge in [0.15, 0.2) is 0 Å². The molecule has 25 heavy (non-hydrogen) atoms. The summed E-state index contributed by atoms with van der Waals surface area (Å²) in [7, 11) is 0. The summed E-state index contributed by atoms with van der Waals surface area (Å²) in [5, 5.41) is 0. The van der Waals surface area contributed by atoms with Gasteiger partial charge in [0.1, 0.15) is 11.5 Å². The number of ketones is 1. The van der Waals surface area contributed by atoms with E-state index < -0.39 is 11.9 Å². The Balaban J connectivity index is 2.76.